The number of carbonyl (C=O) groups excluding carboxylic acids is 1. The summed E-state index contributed by atoms with van der Waals surface area (Å²) < 4.78 is 5.27. The van der Waals surface area contributed by atoms with Crippen molar-refractivity contribution >= 4 is 5.91 Å². The van der Waals surface area contributed by atoms with Crippen LogP contribution in [0.4, 0.5) is 0 Å². The summed E-state index contributed by atoms with van der Waals surface area (Å²) in [6.07, 6.45) is 0.125. The molecule has 0 aliphatic carbocycles. The molecule has 1 saturated heterocycles. The molecule has 100 valence electrons. The van der Waals surface area contributed by atoms with Crippen molar-refractivity contribution in [1.82, 2.24) is 10.2 Å². The predicted octanol–water partition coefficient (Wildman–Crippen LogP) is 1.46. The highest BCUT2D eigenvalue weighted by Gasteiger charge is 2.42. The van der Waals surface area contributed by atoms with Crippen molar-refractivity contribution in [2.75, 3.05) is 13.7 Å². The largest absolute Gasteiger partial charge is 0.383 e. The molecule has 17 heavy (non-hydrogen) atoms. The molecule has 1 heterocycles. The van der Waals surface area contributed by atoms with Gasteiger partial charge in [-0.05, 0) is 18.8 Å². The Balaban J connectivity index is 2.92. The Labute approximate surface area is 105 Å². The molecule has 0 bridgehead atoms. The van der Waals surface area contributed by atoms with Crippen molar-refractivity contribution in [2.45, 2.75) is 52.9 Å². The minimum atomic E-state index is -0.0829. The second-order valence-corrected chi connectivity index (χ2v) is 5.59. The molecule has 1 N–H and O–H groups in total. The predicted molar refractivity (Wildman–Crippen MR) is 68.6 cm³/mol. The van der Waals surface area contributed by atoms with Crippen LogP contribution < -0.4 is 5.32 Å². The lowest BCUT2D eigenvalue weighted by Crippen LogP contribution is -2.51. The molecule has 0 saturated carbocycles. The molecular weight excluding hydrogens is 216 g/mol. The highest BCUT2D eigenvalue weighted by molar-refractivity contribution is 5.84. The summed E-state index contributed by atoms with van der Waals surface area (Å²) in [6, 6.07) is 0.0675. The zero-order valence-electron chi connectivity index (χ0n) is 11.9. The normalized spacial score (nSPS) is 27.3. The fourth-order valence-electron chi connectivity index (χ4n) is 2.42. The van der Waals surface area contributed by atoms with Gasteiger partial charge < -0.3 is 9.64 Å². The summed E-state index contributed by atoms with van der Waals surface area (Å²) in [6.45, 7) is 11.1. The minimum absolute atomic E-state index is 0.0829. The number of hydrogen-bond acceptors (Lipinski definition) is 3. The Morgan fingerprint density at radius 1 is 1.35 bits per heavy atom. The molecule has 1 aliphatic heterocycles. The van der Waals surface area contributed by atoms with Crippen LogP contribution in [-0.2, 0) is 9.53 Å². The molecule has 0 aromatic heterocycles. The molecule has 3 unspecified atom stereocenters. The maximum Gasteiger partial charge on any atom is 0.241 e. The lowest BCUT2D eigenvalue weighted by molar-refractivity contribution is -0.135. The first-order chi connectivity index (χ1) is 7.90. The summed E-state index contributed by atoms with van der Waals surface area (Å²) in [4.78, 5) is 14.2. The highest BCUT2D eigenvalue weighted by Crippen LogP contribution is 2.24. The molecule has 0 aromatic rings. The van der Waals surface area contributed by atoms with E-state index in [1.807, 2.05) is 11.8 Å². The Morgan fingerprint density at radius 3 is 2.35 bits per heavy atom. The van der Waals surface area contributed by atoms with E-state index in [0.29, 0.717) is 18.4 Å². The summed E-state index contributed by atoms with van der Waals surface area (Å²) in [5.74, 6) is 0.994. The van der Waals surface area contributed by atoms with Gasteiger partial charge in [-0.2, -0.15) is 0 Å². The molecular formula is C13H26N2O2. The fourth-order valence-corrected chi connectivity index (χ4v) is 2.42. The number of amides is 1. The lowest BCUT2D eigenvalue weighted by atomic mass is 10.0. The first kappa shape index (κ1) is 14.5. The SMILES string of the molecule is COCC(C(C)C)N1C(=O)C(C)NC1C(C)C. The molecule has 1 fully saturated rings. The third kappa shape index (κ3) is 2.99. The van der Waals surface area contributed by atoms with E-state index in [0.717, 1.165) is 0 Å². The van der Waals surface area contributed by atoms with Gasteiger partial charge in [-0.1, -0.05) is 27.7 Å². The molecule has 0 spiro atoms. The topological polar surface area (TPSA) is 41.6 Å². The molecule has 1 aliphatic rings. The Hall–Kier alpha value is -0.610. The number of nitrogens with zero attached hydrogens (tertiary/aromatic N) is 1. The fraction of sp³-hybridized carbons (Fsp3) is 0.923. The van der Waals surface area contributed by atoms with Crippen molar-refractivity contribution in [3.63, 3.8) is 0 Å². The summed E-state index contributed by atoms with van der Waals surface area (Å²) >= 11 is 0. The van der Waals surface area contributed by atoms with E-state index in [1.54, 1.807) is 7.11 Å². The van der Waals surface area contributed by atoms with Crippen LogP contribution in [0, 0.1) is 11.8 Å². The molecule has 1 amide bonds. The van der Waals surface area contributed by atoms with E-state index >= 15 is 0 Å². The smallest absolute Gasteiger partial charge is 0.241 e. The number of methoxy groups -OCH3 is 1. The zero-order chi connectivity index (χ0) is 13.2. The van der Waals surface area contributed by atoms with Crippen molar-refractivity contribution in [3.05, 3.63) is 0 Å². The van der Waals surface area contributed by atoms with Gasteiger partial charge in [0.15, 0.2) is 0 Å². The molecule has 0 aromatic carbocycles. The Bertz CT molecular complexity index is 266. The van der Waals surface area contributed by atoms with Gasteiger partial charge >= 0.3 is 0 Å². The number of carbonyl (C=O) groups is 1. The van der Waals surface area contributed by atoms with E-state index in [2.05, 4.69) is 33.0 Å². The van der Waals surface area contributed by atoms with Crippen LogP contribution in [0.5, 0.6) is 0 Å². The van der Waals surface area contributed by atoms with Crippen LogP contribution in [-0.4, -0.2) is 42.8 Å². The highest BCUT2D eigenvalue weighted by atomic mass is 16.5. The van der Waals surface area contributed by atoms with Crippen LogP contribution in [0.15, 0.2) is 0 Å². The third-order valence-corrected chi connectivity index (χ3v) is 3.44. The van der Waals surface area contributed by atoms with Crippen LogP contribution in [0.25, 0.3) is 0 Å². The van der Waals surface area contributed by atoms with Crippen molar-refractivity contribution in [3.8, 4) is 0 Å². The second kappa shape index (κ2) is 5.83. The average molecular weight is 242 g/mol. The van der Waals surface area contributed by atoms with Crippen LogP contribution >= 0.6 is 0 Å². The Kier molecular flexibility index (Phi) is 4.95. The maximum absolute atomic E-state index is 12.2. The molecule has 4 heteroatoms. The molecule has 1 rings (SSSR count). The van der Waals surface area contributed by atoms with E-state index in [1.165, 1.54) is 0 Å². The lowest BCUT2D eigenvalue weighted by Gasteiger charge is -2.36. The summed E-state index contributed by atoms with van der Waals surface area (Å²) in [5.41, 5.74) is 0. The van der Waals surface area contributed by atoms with Gasteiger partial charge in [0.2, 0.25) is 5.91 Å². The second-order valence-electron chi connectivity index (χ2n) is 5.59. The van der Waals surface area contributed by atoms with Crippen LogP contribution in [0.2, 0.25) is 0 Å². The van der Waals surface area contributed by atoms with E-state index in [9.17, 15) is 4.79 Å². The van der Waals surface area contributed by atoms with Gasteiger partial charge in [0.25, 0.3) is 0 Å². The number of ether oxygens (including phenoxy) is 1. The van der Waals surface area contributed by atoms with E-state index < -0.39 is 0 Å². The minimum Gasteiger partial charge on any atom is -0.383 e. The van der Waals surface area contributed by atoms with E-state index in [-0.39, 0.29) is 24.2 Å². The van der Waals surface area contributed by atoms with Gasteiger partial charge in [-0.3, -0.25) is 10.1 Å². The first-order valence-electron chi connectivity index (χ1n) is 6.47. The van der Waals surface area contributed by atoms with Crippen molar-refractivity contribution < 1.29 is 9.53 Å². The first-order valence-corrected chi connectivity index (χ1v) is 6.47. The molecule has 0 radical (unpaired) electrons. The van der Waals surface area contributed by atoms with Crippen LogP contribution in [0.1, 0.15) is 34.6 Å². The molecule has 4 nitrogen and oxygen atoms in total. The van der Waals surface area contributed by atoms with Crippen molar-refractivity contribution in [1.29, 1.82) is 0 Å². The monoisotopic (exact) mass is 242 g/mol. The number of hydrogen-bond donors (Lipinski definition) is 1. The van der Waals surface area contributed by atoms with Gasteiger partial charge in [0, 0.05) is 7.11 Å². The number of nitrogens with one attached hydrogen (secondary N) is 1. The van der Waals surface area contributed by atoms with E-state index in [4.69, 9.17) is 4.74 Å². The number of rotatable bonds is 5. The molecule has 3 atom stereocenters. The van der Waals surface area contributed by atoms with Crippen molar-refractivity contribution in [2.24, 2.45) is 11.8 Å². The van der Waals surface area contributed by atoms with Gasteiger partial charge in [-0.15, -0.1) is 0 Å². The summed E-state index contributed by atoms with van der Waals surface area (Å²) in [7, 11) is 1.69. The zero-order valence-corrected chi connectivity index (χ0v) is 11.9. The van der Waals surface area contributed by atoms with Crippen LogP contribution in [0.3, 0.4) is 0 Å². The third-order valence-electron chi connectivity index (χ3n) is 3.44. The van der Waals surface area contributed by atoms with Gasteiger partial charge in [0.05, 0.1) is 24.9 Å². The average Bonchev–Trinajstić information content (AvgIpc) is 2.52. The maximum atomic E-state index is 12.2. The standard InChI is InChI=1S/C13H26N2O2/c1-8(2)11(7-17-6)15-12(9(3)4)14-10(5)13(15)16/h8-12,14H,7H2,1-6H3. The van der Waals surface area contributed by atoms with Gasteiger partial charge in [0.1, 0.15) is 0 Å². The van der Waals surface area contributed by atoms with Gasteiger partial charge in [-0.25, -0.2) is 0 Å². The summed E-state index contributed by atoms with van der Waals surface area (Å²) in [5, 5.41) is 3.37. The Morgan fingerprint density at radius 2 is 1.94 bits per heavy atom. The quantitative estimate of drug-likeness (QED) is 0.793.